The second-order valence-corrected chi connectivity index (χ2v) is 2.16. The highest BCUT2D eigenvalue weighted by atomic mass is 16.3. The van der Waals surface area contributed by atoms with Gasteiger partial charge in [-0.15, -0.1) is 0 Å². The van der Waals surface area contributed by atoms with Crippen LogP contribution in [0.5, 0.6) is 0 Å². The summed E-state index contributed by atoms with van der Waals surface area (Å²) >= 11 is 0. The molecule has 1 aromatic rings. The van der Waals surface area contributed by atoms with Crippen molar-refractivity contribution in [2.75, 3.05) is 0 Å². The molecule has 1 rings (SSSR count). The van der Waals surface area contributed by atoms with Crippen molar-refractivity contribution in [3.63, 3.8) is 0 Å². The third-order valence-electron chi connectivity index (χ3n) is 1.41. The minimum Gasteiger partial charge on any atom is -0.392 e. The standard InChI is InChI=1S/C7H9NO2/c1-5-2-7(10)8-3-6(5)4-9/h2-3,9H,4H2,1H3,(H,8,10). The Morgan fingerprint density at radius 1 is 1.70 bits per heavy atom. The maximum absolute atomic E-state index is 10.6. The molecule has 0 bridgehead atoms. The molecule has 0 radical (unpaired) electrons. The van der Waals surface area contributed by atoms with Gasteiger partial charge in [-0.3, -0.25) is 4.79 Å². The molecular weight excluding hydrogens is 130 g/mol. The third kappa shape index (κ3) is 1.25. The van der Waals surface area contributed by atoms with Crippen LogP contribution in [0.1, 0.15) is 11.1 Å². The van der Waals surface area contributed by atoms with Crippen LogP contribution in [0.25, 0.3) is 0 Å². The first-order valence-electron chi connectivity index (χ1n) is 3.03. The molecule has 1 heterocycles. The predicted octanol–water partition coefficient (Wildman–Crippen LogP) is 0.176. The van der Waals surface area contributed by atoms with Gasteiger partial charge in [-0.25, -0.2) is 0 Å². The molecule has 0 aliphatic heterocycles. The minimum atomic E-state index is -0.130. The van der Waals surface area contributed by atoms with Gasteiger partial charge in [-0.2, -0.15) is 0 Å². The molecule has 3 heteroatoms. The largest absolute Gasteiger partial charge is 0.392 e. The number of nitrogens with one attached hydrogen (secondary N) is 1. The van der Waals surface area contributed by atoms with Crippen LogP contribution in [-0.2, 0) is 6.61 Å². The Labute approximate surface area is 58.3 Å². The Morgan fingerprint density at radius 3 is 2.90 bits per heavy atom. The Balaban J connectivity index is 3.19. The van der Waals surface area contributed by atoms with Gasteiger partial charge in [-0.05, 0) is 18.1 Å². The summed E-state index contributed by atoms with van der Waals surface area (Å²) in [6, 6.07) is 1.46. The first-order chi connectivity index (χ1) is 4.74. The van der Waals surface area contributed by atoms with Gasteiger partial charge in [0.15, 0.2) is 0 Å². The van der Waals surface area contributed by atoms with Crippen molar-refractivity contribution in [2.24, 2.45) is 0 Å². The molecule has 1 aromatic heterocycles. The summed E-state index contributed by atoms with van der Waals surface area (Å²) in [5.74, 6) is 0. The van der Waals surface area contributed by atoms with E-state index in [9.17, 15) is 4.79 Å². The van der Waals surface area contributed by atoms with Crippen LogP contribution in [-0.4, -0.2) is 10.1 Å². The highest BCUT2D eigenvalue weighted by molar-refractivity contribution is 5.20. The van der Waals surface area contributed by atoms with Gasteiger partial charge in [0.1, 0.15) is 0 Å². The molecule has 0 spiro atoms. The lowest BCUT2D eigenvalue weighted by Gasteiger charge is -1.97. The van der Waals surface area contributed by atoms with Crippen molar-refractivity contribution >= 4 is 0 Å². The van der Waals surface area contributed by atoms with Crippen molar-refractivity contribution < 1.29 is 5.11 Å². The van der Waals surface area contributed by atoms with Crippen LogP contribution in [0.3, 0.4) is 0 Å². The second-order valence-electron chi connectivity index (χ2n) is 2.16. The number of aliphatic hydroxyl groups excluding tert-OH is 1. The molecule has 2 N–H and O–H groups in total. The molecule has 0 aliphatic carbocycles. The van der Waals surface area contributed by atoms with Crippen molar-refractivity contribution in [1.82, 2.24) is 4.98 Å². The zero-order valence-corrected chi connectivity index (χ0v) is 5.72. The Bertz CT molecular complexity index is 277. The number of hydrogen-bond donors (Lipinski definition) is 2. The smallest absolute Gasteiger partial charge is 0.248 e. The topological polar surface area (TPSA) is 53.1 Å². The van der Waals surface area contributed by atoms with Crippen LogP contribution >= 0.6 is 0 Å². The second kappa shape index (κ2) is 2.66. The summed E-state index contributed by atoms with van der Waals surface area (Å²) in [6.07, 6.45) is 1.53. The van der Waals surface area contributed by atoms with Crippen molar-refractivity contribution in [3.05, 3.63) is 33.7 Å². The lowest BCUT2D eigenvalue weighted by molar-refractivity contribution is 0.280. The van der Waals surface area contributed by atoms with Gasteiger partial charge in [0.25, 0.3) is 0 Å². The Hall–Kier alpha value is -1.09. The minimum absolute atomic E-state index is 0.0252. The van der Waals surface area contributed by atoms with Crippen molar-refractivity contribution in [2.45, 2.75) is 13.5 Å². The van der Waals surface area contributed by atoms with E-state index in [1.54, 1.807) is 6.92 Å². The molecule has 3 nitrogen and oxygen atoms in total. The maximum Gasteiger partial charge on any atom is 0.248 e. The van der Waals surface area contributed by atoms with Crippen LogP contribution in [0.2, 0.25) is 0 Å². The van der Waals surface area contributed by atoms with Gasteiger partial charge in [0, 0.05) is 12.3 Å². The van der Waals surface area contributed by atoms with Crippen molar-refractivity contribution in [1.29, 1.82) is 0 Å². The number of rotatable bonds is 1. The van der Waals surface area contributed by atoms with Crippen molar-refractivity contribution in [3.8, 4) is 0 Å². The summed E-state index contributed by atoms with van der Waals surface area (Å²) in [5, 5.41) is 8.69. The molecule has 0 atom stereocenters. The summed E-state index contributed by atoms with van der Waals surface area (Å²) in [4.78, 5) is 13.1. The first kappa shape index (κ1) is 7.02. The number of hydrogen-bond acceptors (Lipinski definition) is 2. The van der Waals surface area contributed by atoms with E-state index in [1.807, 2.05) is 0 Å². The average molecular weight is 139 g/mol. The van der Waals surface area contributed by atoms with Gasteiger partial charge in [0.2, 0.25) is 5.56 Å². The fourth-order valence-corrected chi connectivity index (χ4v) is 0.773. The molecule has 10 heavy (non-hydrogen) atoms. The van der Waals surface area contributed by atoms with Gasteiger partial charge >= 0.3 is 0 Å². The zero-order valence-electron chi connectivity index (χ0n) is 5.72. The van der Waals surface area contributed by atoms with Crippen LogP contribution in [0, 0.1) is 6.92 Å². The molecular formula is C7H9NO2. The maximum atomic E-state index is 10.6. The summed E-state index contributed by atoms with van der Waals surface area (Å²) in [7, 11) is 0. The quantitative estimate of drug-likeness (QED) is 0.583. The molecule has 54 valence electrons. The number of aromatic amines is 1. The van der Waals surface area contributed by atoms with E-state index >= 15 is 0 Å². The Kier molecular flexibility index (Phi) is 1.87. The molecule has 0 saturated heterocycles. The normalized spacial score (nSPS) is 9.80. The van der Waals surface area contributed by atoms with E-state index in [1.165, 1.54) is 12.3 Å². The van der Waals surface area contributed by atoms with Crippen LogP contribution < -0.4 is 5.56 Å². The molecule has 0 amide bonds. The molecule has 0 unspecified atom stereocenters. The van der Waals surface area contributed by atoms with E-state index in [2.05, 4.69) is 4.98 Å². The molecule has 0 saturated carbocycles. The van der Waals surface area contributed by atoms with Gasteiger partial charge < -0.3 is 10.1 Å². The first-order valence-corrected chi connectivity index (χ1v) is 3.03. The fourth-order valence-electron chi connectivity index (χ4n) is 0.773. The van der Waals surface area contributed by atoms with E-state index in [-0.39, 0.29) is 12.2 Å². The molecule has 0 fully saturated rings. The summed E-state index contributed by atoms with van der Waals surface area (Å²) in [5.41, 5.74) is 1.46. The van der Waals surface area contributed by atoms with E-state index in [0.717, 1.165) is 11.1 Å². The number of aliphatic hydroxyl groups is 1. The summed E-state index contributed by atoms with van der Waals surface area (Å²) in [6.45, 7) is 1.77. The SMILES string of the molecule is Cc1cc(=O)[nH]cc1CO. The average Bonchev–Trinajstić information content (AvgIpc) is 1.88. The molecule has 0 aliphatic rings. The third-order valence-corrected chi connectivity index (χ3v) is 1.41. The van der Waals surface area contributed by atoms with E-state index < -0.39 is 0 Å². The van der Waals surface area contributed by atoms with Crippen LogP contribution in [0.4, 0.5) is 0 Å². The highest BCUT2D eigenvalue weighted by Crippen LogP contribution is 2.00. The number of aryl methyl sites for hydroxylation is 1. The van der Waals surface area contributed by atoms with E-state index in [4.69, 9.17) is 5.11 Å². The number of aromatic nitrogens is 1. The highest BCUT2D eigenvalue weighted by Gasteiger charge is 1.94. The van der Waals surface area contributed by atoms with E-state index in [0.29, 0.717) is 0 Å². The zero-order chi connectivity index (χ0) is 7.56. The van der Waals surface area contributed by atoms with Crippen LogP contribution in [0.15, 0.2) is 17.1 Å². The lowest BCUT2D eigenvalue weighted by Crippen LogP contribution is -2.05. The molecule has 0 aromatic carbocycles. The monoisotopic (exact) mass is 139 g/mol. The Morgan fingerprint density at radius 2 is 2.40 bits per heavy atom. The number of H-pyrrole nitrogens is 1. The number of pyridine rings is 1. The summed E-state index contributed by atoms with van der Waals surface area (Å²) < 4.78 is 0. The lowest BCUT2D eigenvalue weighted by atomic mass is 10.2. The van der Waals surface area contributed by atoms with Gasteiger partial charge in [-0.1, -0.05) is 0 Å². The fraction of sp³-hybridized carbons (Fsp3) is 0.286. The predicted molar refractivity (Wildman–Crippen MR) is 37.7 cm³/mol. The van der Waals surface area contributed by atoms with Gasteiger partial charge in [0.05, 0.1) is 6.61 Å².